The average molecular weight is 401 g/mol. The van der Waals surface area contributed by atoms with Gasteiger partial charge < -0.3 is 9.84 Å². The molecule has 0 radical (unpaired) electrons. The minimum atomic E-state index is -0.191. The van der Waals surface area contributed by atoms with Gasteiger partial charge in [0.25, 0.3) is 5.91 Å². The summed E-state index contributed by atoms with van der Waals surface area (Å²) in [5.41, 5.74) is 5.74. The number of aromatic nitrogens is 4. The van der Waals surface area contributed by atoms with E-state index in [2.05, 4.69) is 20.6 Å². The molecule has 152 valence electrons. The zero-order chi connectivity index (χ0) is 21.1. The van der Waals surface area contributed by atoms with E-state index in [-0.39, 0.29) is 12.5 Å². The van der Waals surface area contributed by atoms with Gasteiger partial charge in [-0.2, -0.15) is 10.1 Å². The van der Waals surface area contributed by atoms with Gasteiger partial charge in [-0.1, -0.05) is 41.6 Å². The molecule has 0 saturated heterocycles. The predicted molar refractivity (Wildman–Crippen MR) is 113 cm³/mol. The molecule has 0 aliphatic rings. The molecule has 2 aromatic heterocycles. The molecular weight excluding hydrogens is 378 g/mol. The number of rotatable bonds is 6. The van der Waals surface area contributed by atoms with Gasteiger partial charge in [0.05, 0.1) is 18.8 Å². The predicted octanol–water partition coefficient (Wildman–Crippen LogP) is 3.84. The third-order valence-electron chi connectivity index (χ3n) is 4.91. The number of benzene rings is 2. The highest BCUT2D eigenvalue weighted by atomic mass is 16.5. The SMILES string of the molecule is Cc1cc(C)n(Cc2ccc(C(=O)NCc3nc(-c4ccccc4C)no3)cc2)n1. The summed E-state index contributed by atoms with van der Waals surface area (Å²) in [6.45, 7) is 6.84. The maximum atomic E-state index is 12.5. The lowest BCUT2D eigenvalue weighted by Crippen LogP contribution is -2.23. The summed E-state index contributed by atoms with van der Waals surface area (Å²) in [7, 11) is 0. The van der Waals surface area contributed by atoms with Crippen LogP contribution in [0.3, 0.4) is 0 Å². The number of hydrogen-bond donors (Lipinski definition) is 1. The second-order valence-corrected chi connectivity index (χ2v) is 7.29. The molecule has 0 unspecified atom stereocenters. The zero-order valence-corrected chi connectivity index (χ0v) is 17.2. The Hall–Kier alpha value is -3.74. The lowest BCUT2D eigenvalue weighted by Gasteiger charge is -2.06. The molecule has 30 heavy (non-hydrogen) atoms. The van der Waals surface area contributed by atoms with Gasteiger partial charge in [-0.15, -0.1) is 0 Å². The maximum absolute atomic E-state index is 12.5. The minimum absolute atomic E-state index is 0.172. The summed E-state index contributed by atoms with van der Waals surface area (Å²) in [6, 6.07) is 17.4. The van der Waals surface area contributed by atoms with Gasteiger partial charge in [0.2, 0.25) is 11.7 Å². The van der Waals surface area contributed by atoms with Crippen molar-refractivity contribution in [3.63, 3.8) is 0 Å². The Morgan fingerprint density at radius 2 is 1.83 bits per heavy atom. The topological polar surface area (TPSA) is 85.8 Å². The van der Waals surface area contributed by atoms with Crippen LogP contribution in [0, 0.1) is 20.8 Å². The van der Waals surface area contributed by atoms with E-state index in [1.165, 1.54) is 0 Å². The monoisotopic (exact) mass is 401 g/mol. The van der Waals surface area contributed by atoms with Gasteiger partial charge in [0, 0.05) is 16.8 Å². The van der Waals surface area contributed by atoms with Gasteiger partial charge in [0.15, 0.2) is 0 Å². The van der Waals surface area contributed by atoms with Crippen molar-refractivity contribution in [3.05, 3.63) is 88.6 Å². The van der Waals surface area contributed by atoms with Crippen LogP contribution in [-0.4, -0.2) is 25.8 Å². The molecule has 1 N–H and O–H groups in total. The fourth-order valence-electron chi connectivity index (χ4n) is 3.29. The van der Waals surface area contributed by atoms with E-state index in [9.17, 15) is 4.79 Å². The number of carbonyl (C=O) groups excluding carboxylic acids is 1. The second-order valence-electron chi connectivity index (χ2n) is 7.29. The smallest absolute Gasteiger partial charge is 0.251 e. The first kappa shape index (κ1) is 19.6. The summed E-state index contributed by atoms with van der Waals surface area (Å²) in [4.78, 5) is 16.8. The summed E-state index contributed by atoms with van der Waals surface area (Å²) in [5.74, 6) is 0.692. The van der Waals surface area contributed by atoms with Crippen LogP contribution in [0.2, 0.25) is 0 Å². The standard InChI is InChI=1S/C23H23N5O2/c1-15-6-4-5-7-20(15)22-25-21(30-27-22)13-24-23(29)19-10-8-18(9-11-19)14-28-17(3)12-16(2)26-28/h4-12H,13-14H2,1-3H3,(H,24,29). The zero-order valence-electron chi connectivity index (χ0n) is 17.2. The quantitative estimate of drug-likeness (QED) is 0.531. The minimum Gasteiger partial charge on any atom is -0.343 e. The summed E-state index contributed by atoms with van der Waals surface area (Å²) in [6.07, 6.45) is 0. The van der Waals surface area contributed by atoms with Gasteiger partial charge in [-0.3, -0.25) is 9.48 Å². The number of amides is 1. The third kappa shape index (κ3) is 4.30. The second kappa shape index (κ2) is 8.32. The molecule has 7 nitrogen and oxygen atoms in total. The number of nitrogens with zero attached hydrogens (tertiary/aromatic N) is 4. The largest absolute Gasteiger partial charge is 0.343 e. The molecule has 0 fully saturated rings. The van der Waals surface area contributed by atoms with E-state index in [4.69, 9.17) is 4.52 Å². The molecular formula is C23H23N5O2. The number of nitrogens with one attached hydrogen (secondary N) is 1. The van der Waals surface area contributed by atoms with E-state index in [0.29, 0.717) is 23.8 Å². The molecule has 1 amide bonds. The van der Waals surface area contributed by atoms with Crippen LogP contribution in [0.5, 0.6) is 0 Å². The Kier molecular flexibility index (Phi) is 5.43. The Balaban J connectivity index is 1.36. The van der Waals surface area contributed by atoms with E-state index in [1.54, 1.807) is 0 Å². The fourth-order valence-corrected chi connectivity index (χ4v) is 3.29. The van der Waals surface area contributed by atoms with Crippen LogP contribution in [0.4, 0.5) is 0 Å². The molecule has 0 aliphatic carbocycles. The summed E-state index contributed by atoms with van der Waals surface area (Å²) in [5, 5.41) is 11.3. The van der Waals surface area contributed by atoms with E-state index < -0.39 is 0 Å². The van der Waals surface area contributed by atoms with Crippen molar-refractivity contribution in [2.75, 3.05) is 0 Å². The normalized spacial score (nSPS) is 10.9. The highest BCUT2D eigenvalue weighted by molar-refractivity contribution is 5.94. The molecule has 4 rings (SSSR count). The van der Waals surface area contributed by atoms with Crippen molar-refractivity contribution in [3.8, 4) is 11.4 Å². The van der Waals surface area contributed by atoms with Gasteiger partial charge >= 0.3 is 0 Å². The van der Waals surface area contributed by atoms with Crippen molar-refractivity contribution < 1.29 is 9.32 Å². The van der Waals surface area contributed by atoms with E-state index in [0.717, 1.165) is 28.1 Å². The maximum Gasteiger partial charge on any atom is 0.251 e. The summed E-state index contributed by atoms with van der Waals surface area (Å²) >= 11 is 0. The first-order valence-corrected chi connectivity index (χ1v) is 9.76. The van der Waals surface area contributed by atoms with Crippen LogP contribution in [-0.2, 0) is 13.1 Å². The highest BCUT2D eigenvalue weighted by Crippen LogP contribution is 2.19. The summed E-state index contributed by atoms with van der Waals surface area (Å²) < 4.78 is 7.22. The number of aryl methyl sites for hydroxylation is 3. The first-order valence-electron chi connectivity index (χ1n) is 9.76. The van der Waals surface area contributed by atoms with Gasteiger partial charge in [-0.05, 0) is 50.1 Å². The molecule has 4 aromatic rings. The molecule has 0 atom stereocenters. The van der Waals surface area contributed by atoms with E-state index in [1.807, 2.05) is 80.1 Å². The lowest BCUT2D eigenvalue weighted by atomic mass is 10.1. The lowest BCUT2D eigenvalue weighted by molar-refractivity contribution is 0.0946. The third-order valence-corrected chi connectivity index (χ3v) is 4.91. The van der Waals surface area contributed by atoms with Crippen LogP contribution in [0.1, 0.15) is 38.8 Å². The van der Waals surface area contributed by atoms with Crippen molar-refractivity contribution in [1.29, 1.82) is 0 Å². The Bertz CT molecular complexity index is 1170. The first-order chi connectivity index (χ1) is 14.5. The van der Waals surface area contributed by atoms with E-state index >= 15 is 0 Å². The Morgan fingerprint density at radius 3 is 2.53 bits per heavy atom. The Morgan fingerprint density at radius 1 is 1.07 bits per heavy atom. The Labute approximate surface area is 174 Å². The molecule has 0 bridgehead atoms. The highest BCUT2D eigenvalue weighted by Gasteiger charge is 2.12. The van der Waals surface area contributed by atoms with Gasteiger partial charge in [0.1, 0.15) is 0 Å². The van der Waals surface area contributed by atoms with Crippen LogP contribution < -0.4 is 5.32 Å². The molecule has 0 aliphatic heterocycles. The fraction of sp³-hybridized carbons (Fsp3) is 0.217. The molecule has 7 heteroatoms. The van der Waals surface area contributed by atoms with Crippen molar-refractivity contribution in [2.24, 2.45) is 0 Å². The number of hydrogen-bond acceptors (Lipinski definition) is 5. The van der Waals surface area contributed by atoms with Crippen molar-refractivity contribution in [1.82, 2.24) is 25.2 Å². The number of carbonyl (C=O) groups is 1. The molecule has 0 spiro atoms. The molecule has 2 heterocycles. The molecule has 2 aromatic carbocycles. The van der Waals surface area contributed by atoms with Crippen LogP contribution >= 0.6 is 0 Å². The molecule has 0 saturated carbocycles. The average Bonchev–Trinajstić information content (AvgIpc) is 3.33. The van der Waals surface area contributed by atoms with Crippen molar-refractivity contribution in [2.45, 2.75) is 33.9 Å². The van der Waals surface area contributed by atoms with Crippen LogP contribution in [0.25, 0.3) is 11.4 Å². The van der Waals surface area contributed by atoms with Crippen LogP contribution in [0.15, 0.2) is 59.1 Å². The van der Waals surface area contributed by atoms with Crippen molar-refractivity contribution >= 4 is 5.91 Å². The van der Waals surface area contributed by atoms with Gasteiger partial charge in [-0.25, -0.2) is 0 Å².